The molecule has 3 N–H and O–H groups in total. The standard InChI is InChI=1S/C14H18N2O4/c15-11-5-1-2-6-12(11)16(8-13(17)18)14(19)10-4-3-7-20-9-10/h1-2,5-6,10H,3-4,7-9,15H2,(H,17,18). The van der Waals surface area contributed by atoms with E-state index in [9.17, 15) is 9.59 Å². The highest BCUT2D eigenvalue weighted by atomic mass is 16.5. The molecule has 1 heterocycles. The van der Waals surface area contributed by atoms with E-state index in [0.29, 0.717) is 31.0 Å². The molecule has 1 unspecified atom stereocenters. The third kappa shape index (κ3) is 3.27. The molecule has 0 aliphatic carbocycles. The number of rotatable bonds is 4. The van der Waals surface area contributed by atoms with Crippen LogP contribution in [-0.2, 0) is 14.3 Å². The van der Waals surface area contributed by atoms with Gasteiger partial charge < -0.3 is 15.6 Å². The van der Waals surface area contributed by atoms with Gasteiger partial charge in [0.15, 0.2) is 0 Å². The monoisotopic (exact) mass is 278 g/mol. The van der Waals surface area contributed by atoms with Gasteiger partial charge in [0.1, 0.15) is 6.54 Å². The molecule has 1 saturated heterocycles. The van der Waals surface area contributed by atoms with E-state index >= 15 is 0 Å². The first-order valence-corrected chi connectivity index (χ1v) is 6.55. The van der Waals surface area contributed by atoms with Crippen molar-refractivity contribution in [1.29, 1.82) is 0 Å². The first-order valence-electron chi connectivity index (χ1n) is 6.55. The van der Waals surface area contributed by atoms with Crippen LogP contribution in [0.3, 0.4) is 0 Å². The van der Waals surface area contributed by atoms with Crippen LogP contribution in [-0.4, -0.2) is 36.7 Å². The summed E-state index contributed by atoms with van der Waals surface area (Å²) in [7, 11) is 0. The van der Waals surface area contributed by atoms with Gasteiger partial charge >= 0.3 is 5.97 Å². The van der Waals surface area contributed by atoms with E-state index in [0.717, 1.165) is 6.42 Å². The van der Waals surface area contributed by atoms with Gasteiger partial charge in [-0.3, -0.25) is 14.5 Å². The second-order valence-electron chi connectivity index (χ2n) is 4.79. The van der Waals surface area contributed by atoms with Gasteiger partial charge in [-0.05, 0) is 25.0 Å². The fourth-order valence-electron chi connectivity index (χ4n) is 2.31. The topological polar surface area (TPSA) is 92.9 Å². The Bertz CT molecular complexity index is 498. The van der Waals surface area contributed by atoms with Crippen molar-refractivity contribution < 1.29 is 19.4 Å². The Morgan fingerprint density at radius 1 is 1.40 bits per heavy atom. The number of hydrogen-bond donors (Lipinski definition) is 2. The van der Waals surface area contributed by atoms with Gasteiger partial charge in [-0.1, -0.05) is 12.1 Å². The summed E-state index contributed by atoms with van der Waals surface area (Å²) in [6.45, 7) is 0.585. The number of ether oxygens (including phenoxy) is 1. The van der Waals surface area contributed by atoms with Crippen LogP contribution in [0, 0.1) is 5.92 Å². The molecule has 6 heteroatoms. The maximum absolute atomic E-state index is 12.5. The molecule has 1 fully saturated rings. The summed E-state index contributed by atoms with van der Waals surface area (Å²) in [6, 6.07) is 6.77. The first-order chi connectivity index (χ1) is 9.59. The Balaban J connectivity index is 2.25. The van der Waals surface area contributed by atoms with E-state index in [4.69, 9.17) is 15.6 Å². The zero-order valence-corrected chi connectivity index (χ0v) is 11.1. The highest BCUT2D eigenvalue weighted by Crippen LogP contribution is 2.26. The molecular formula is C14H18N2O4. The second kappa shape index (κ2) is 6.38. The summed E-state index contributed by atoms with van der Waals surface area (Å²) in [5.41, 5.74) is 6.67. The maximum atomic E-state index is 12.5. The third-order valence-corrected chi connectivity index (χ3v) is 3.30. The van der Waals surface area contributed by atoms with Gasteiger partial charge in [0.25, 0.3) is 0 Å². The summed E-state index contributed by atoms with van der Waals surface area (Å²) in [6.07, 6.45) is 1.52. The van der Waals surface area contributed by atoms with E-state index < -0.39 is 12.5 Å². The number of para-hydroxylation sites is 2. The van der Waals surface area contributed by atoms with Crippen molar-refractivity contribution in [3.8, 4) is 0 Å². The van der Waals surface area contributed by atoms with E-state index in [1.165, 1.54) is 4.90 Å². The van der Waals surface area contributed by atoms with E-state index in [1.807, 2.05) is 0 Å². The molecule has 0 radical (unpaired) electrons. The predicted octanol–water partition coefficient (Wildman–Crippen LogP) is 1.11. The van der Waals surface area contributed by atoms with Crippen LogP contribution in [0.4, 0.5) is 11.4 Å². The molecule has 1 aliphatic rings. The number of nitrogen functional groups attached to an aromatic ring is 1. The van der Waals surface area contributed by atoms with Crippen LogP contribution in [0.2, 0.25) is 0 Å². The summed E-state index contributed by atoms with van der Waals surface area (Å²) in [4.78, 5) is 24.8. The molecule has 2 rings (SSSR count). The van der Waals surface area contributed by atoms with E-state index in [-0.39, 0.29) is 11.8 Å². The van der Waals surface area contributed by atoms with Crippen molar-refractivity contribution in [3.63, 3.8) is 0 Å². The Labute approximate surface area is 117 Å². The number of anilines is 2. The van der Waals surface area contributed by atoms with Crippen molar-refractivity contribution in [2.45, 2.75) is 12.8 Å². The second-order valence-corrected chi connectivity index (χ2v) is 4.79. The zero-order chi connectivity index (χ0) is 14.5. The van der Waals surface area contributed by atoms with Gasteiger partial charge in [0.2, 0.25) is 5.91 Å². The molecule has 1 aromatic carbocycles. The lowest BCUT2D eigenvalue weighted by Gasteiger charge is -2.29. The molecule has 0 spiro atoms. The normalized spacial score (nSPS) is 18.5. The molecule has 1 amide bonds. The molecule has 108 valence electrons. The summed E-state index contributed by atoms with van der Waals surface area (Å²) < 4.78 is 5.30. The Kier molecular flexibility index (Phi) is 4.57. The summed E-state index contributed by atoms with van der Waals surface area (Å²) >= 11 is 0. The van der Waals surface area contributed by atoms with Crippen LogP contribution in [0.1, 0.15) is 12.8 Å². The number of aliphatic carboxylic acids is 1. The Morgan fingerprint density at radius 2 is 2.15 bits per heavy atom. The number of benzene rings is 1. The number of hydrogen-bond acceptors (Lipinski definition) is 4. The number of nitrogens with zero attached hydrogens (tertiary/aromatic N) is 1. The Morgan fingerprint density at radius 3 is 2.75 bits per heavy atom. The number of carbonyl (C=O) groups excluding carboxylic acids is 1. The van der Waals surface area contributed by atoms with Gasteiger partial charge in [-0.15, -0.1) is 0 Å². The molecular weight excluding hydrogens is 260 g/mol. The lowest BCUT2D eigenvalue weighted by molar-refractivity contribution is -0.137. The van der Waals surface area contributed by atoms with Crippen molar-refractivity contribution in [3.05, 3.63) is 24.3 Å². The van der Waals surface area contributed by atoms with E-state index in [2.05, 4.69) is 0 Å². The van der Waals surface area contributed by atoms with Crippen molar-refractivity contribution >= 4 is 23.3 Å². The number of carbonyl (C=O) groups is 2. The molecule has 1 atom stereocenters. The average molecular weight is 278 g/mol. The number of carboxylic acids is 1. The quantitative estimate of drug-likeness (QED) is 0.805. The van der Waals surface area contributed by atoms with Gasteiger partial charge in [-0.2, -0.15) is 0 Å². The minimum absolute atomic E-state index is 0.245. The van der Waals surface area contributed by atoms with Crippen LogP contribution in [0.5, 0.6) is 0 Å². The van der Waals surface area contributed by atoms with Crippen molar-refractivity contribution in [2.75, 3.05) is 30.4 Å². The lowest BCUT2D eigenvalue weighted by Crippen LogP contribution is -2.42. The predicted molar refractivity (Wildman–Crippen MR) is 74.4 cm³/mol. The molecule has 1 aliphatic heterocycles. The highest BCUT2D eigenvalue weighted by molar-refractivity contribution is 6.01. The first kappa shape index (κ1) is 14.3. The number of nitrogens with two attached hydrogens (primary N) is 1. The van der Waals surface area contributed by atoms with Gasteiger partial charge in [0.05, 0.1) is 23.9 Å². The van der Waals surface area contributed by atoms with Crippen molar-refractivity contribution in [2.24, 2.45) is 5.92 Å². The largest absolute Gasteiger partial charge is 0.480 e. The number of carboxylic acid groups (broad SMARTS) is 1. The SMILES string of the molecule is Nc1ccccc1N(CC(=O)O)C(=O)C1CCCOC1. The minimum Gasteiger partial charge on any atom is -0.480 e. The Hall–Kier alpha value is -2.08. The molecule has 0 bridgehead atoms. The fraction of sp³-hybridized carbons (Fsp3) is 0.429. The average Bonchev–Trinajstić information content (AvgIpc) is 2.46. The molecule has 6 nitrogen and oxygen atoms in total. The number of amides is 1. The molecule has 20 heavy (non-hydrogen) atoms. The van der Waals surface area contributed by atoms with Gasteiger partial charge in [0, 0.05) is 6.61 Å². The minimum atomic E-state index is -1.07. The zero-order valence-electron chi connectivity index (χ0n) is 11.1. The summed E-state index contributed by atoms with van der Waals surface area (Å²) in [5, 5.41) is 9.02. The van der Waals surface area contributed by atoms with Crippen LogP contribution >= 0.6 is 0 Å². The molecule has 0 aromatic heterocycles. The lowest BCUT2D eigenvalue weighted by atomic mass is 10.00. The van der Waals surface area contributed by atoms with Crippen molar-refractivity contribution in [1.82, 2.24) is 0 Å². The molecule has 1 aromatic rings. The van der Waals surface area contributed by atoms with Crippen LogP contribution in [0.25, 0.3) is 0 Å². The fourth-order valence-corrected chi connectivity index (χ4v) is 2.31. The molecule has 0 saturated carbocycles. The summed E-state index contributed by atoms with van der Waals surface area (Å²) in [5.74, 6) is -1.62. The maximum Gasteiger partial charge on any atom is 0.323 e. The van der Waals surface area contributed by atoms with Gasteiger partial charge in [-0.25, -0.2) is 0 Å². The highest BCUT2D eigenvalue weighted by Gasteiger charge is 2.29. The third-order valence-electron chi connectivity index (χ3n) is 3.30. The van der Waals surface area contributed by atoms with E-state index in [1.54, 1.807) is 24.3 Å². The van der Waals surface area contributed by atoms with Crippen LogP contribution in [0.15, 0.2) is 24.3 Å². The smallest absolute Gasteiger partial charge is 0.323 e. The van der Waals surface area contributed by atoms with Crippen LogP contribution < -0.4 is 10.6 Å².